The van der Waals surface area contributed by atoms with Crippen LogP contribution in [0.15, 0.2) is 109 Å². The molecule has 4 aromatic carbocycles. The number of amides is 1. The second-order valence-electron chi connectivity index (χ2n) is 18.9. The maximum atomic E-state index is 13.3. The molecule has 0 spiro atoms. The largest absolute Gasteiger partial charge is 0.481 e. The third kappa shape index (κ3) is 15.1. The van der Waals surface area contributed by atoms with Gasteiger partial charge in [-0.2, -0.15) is 0 Å². The number of rotatable bonds is 15. The Morgan fingerprint density at radius 2 is 1.14 bits per heavy atom. The van der Waals surface area contributed by atoms with Gasteiger partial charge in [-0.05, 0) is 73.2 Å². The molecular formula is C54H58Cl2F4N6O7. The number of pyridine rings is 2. The minimum absolute atomic E-state index is 0.0531. The topological polar surface area (TPSA) is 179 Å². The lowest BCUT2D eigenvalue weighted by atomic mass is 9.81. The molecule has 1 amide bonds. The number of anilines is 4. The summed E-state index contributed by atoms with van der Waals surface area (Å²) in [6.07, 6.45) is 4.66. The minimum atomic E-state index is -2.77. The molecule has 4 aliphatic rings. The molecule has 0 unspecified atom stereocenters. The SMILES string of the molecule is Nc1cnc2ccc(Cl)cc2c1N[C@@H]1CCO[C@H](COCc2ccccc2)C1.O=C(Nc1cnc2ccc(Cl)cc2c1N[C@@H]1CCO[C@H](COCc2ccccc2)C1)C1CC(F)(F)C1.O=C(O)C1CC(F)(F)C1. The van der Waals surface area contributed by atoms with Crippen LogP contribution in [0.5, 0.6) is 0 Å². The van der Waals surface area contributed by atoms with Gasteiger partial charge >= 0.3 is 5.97 Å². The van der Waals surface area contributed by atoms with Crippen molar-refractivity contribution in [1.29, 1.82) is 0 Å². The maximum absolute atomic E-state index is 13.3. The Labute approximate surface area is 430 Å². The number of nitrogens with two attached hydrogens (primary N) is 1. The summed E-state index contributed by atoms with van der Waals surface area (Å²) >= 11 is 12.5. The average molecular weight is 1050 g/mol. The van der Waals surface area contributed by atoms with Crippen molar-refractivity contribution in [2.24, 2.45) is 11.8 Å². The lowest BCUT2D eigenvalue weighted by Gasteiger charge is -2.34. The van der Waals surface area contributed by atoms with Crippen LogP contribution in [0.2, 0.25) is 10.0 Å². The van der Waals surface area contributed by atoms with E-state index in [-0.39, 0.29) is 24.3 Å². The second-order valence-corrected chi connectivity index (χ2v) is 19.8. The number of benzene rings is 4. The number of fused-ring (bicyclic) bond motifs is 2. The number of halogens is 6. The van der Waals surface area contributed by atoms with Crippen molar-refractivity contribution in [1.82, 2.24) is 9.97 Å². The number of nitrogen functional groups attached to an aromatic ring is 1. The van der Waals surface area contributed by atoms with Gasteiger partial charge in [0, 0.05) is 77.7 Å². The quantitative estimate of drug-likeness (QED) is 0.0616. The molecular weight excluding hydrogens is 992 g/mol. The normalized spacial score (nSPS) is 21.3. The highest BCUT2D eigenvalue weighted by Crippen LogP contribution is 2.44. The van der Waals surface area contributed by atoms with Crippen molar-refractivity contribution >= 4 is 79.6 Å². The number of carbonyl (C=O) groups is 2. The van der Waals surface area contributed by atoms with E-state index in [4.69, 9.17) is 53.0 Å². The molecule has 388 valence electrons. The summed E-state index contributed by atoms with van der Waals surface area (Å²) in [5.74, 6) is -8.52. The van der Waals surface area contributed by atoms with Gasteiger partial charge < -0.3 is 45.7 Å². The lowest BCUT2D eigenvalue weighted by molar-refractivity contribution is -0.165. The number of ether oxygens (including phenoxy) is 4. The molecule has 2 aromatic heterocycles. The average Bonchev–Trinajstić information content (AvgIpc) is 3.35. The molecule has 6 aromatic rings. The van der Waals surface area contributed by atoms with E-state index in [2.05, 4.69) is 38.1 Å². The molecule has 2 aliphatic carbocycles. The predicted molar refractivity (Wildman–Crippen MR) is 274 cm³/mol. The molecule has 19 heteroatoms. The van der Waals surface area contributed by atoms with Gasteiger partial charge in [0.25, 0.3) is 0 Å². The Kier molecular flexibility index (Phi) is 17.9. The number of aromatic nitrogens is 2. The molecule has 6 N–H and O–H groups in total. The number of hydrogen-bond acceptors (Lipinski definition) is 11. The summed E-state index contributed by atoms with van der Waals surface area (Å²) in [6.45, 7) is 3.42. The van der Waals surface area contributed by atoms with Gasteiger partial charge in [0.1, 0.15) is 0 Å². The number of nitrogens with zero attached hydrogens (tertiary/aromatic N) is 2. The molecule has 2 aliphatic heterocycles. The molecule has 4 atom stereocenters. The fourth-order valence-corrected chi connectivity index (χ4v) is 9.45. The smallest absolute Gasteiger partial charge is 0.306 e. The monoisotopic (exact) mass is 1050 g/mol. The van der Waals surface area contributed by atoms with Crippen LogP contribution in [-0.2, 0) is 41.8 Å². The second kappa shape index (κ2) is 24.5. The summed E-state index contributed by atoms with van der Waals surface area (Å²) in [4.78, 5) is 31.4. The molecule has 13 nitrogen and oxygen atoms in total. The third-order valence-corrected chi connectivity index (χ3v) is 13.6. The standard InChI is InChI=1S/C27H28ClF2N3O3.C22H24ClN3O2.C5H6F2O2/c28-19-6-7-23-22(10-19)25(24(14-31-23)33-26(34)18-12-27(29,30)13-18)32-20-8-9-36-21(11-20)16-35-15-17-4-2-1-3-5-17;23-16-6-7-21-19(10-16)22(20(24)12-25-21)26-17-8-9-28-18(11-17)14-27-13-15-4-2-1-3-5-15;6-5(7)1-3(2-5)4(8)9/h1-7,10,14,18,20-21H,8-9,11-13,15-16H2,(H,31,32)(H,33,34);1-7,10,12,17-18H,8-9,11,13-14,24H2,(H,25,26);3H,1-2H2,(H,8,9)/t20-,21+;17-,18+;/m11./s1. The van der Waals surface area contributed by atoms with E-state index < -0.39 is 61.2 Å². The summed E-state index contributed by atoms with van der Waals surface area (Å²) < 4.78 is 73.9. The fraction of sp³-hybridized carbons (Fsp3) is 0.407. The van der Waals surface area contributed by atoms with Crippen LogP contribution in [0.3, 0.4) is 0 Å². The van der Waals surface area contributed by atoms with E-state index in [9.17, 15) is 27.2 Å². The van der Waals surface area contributed by atoms with Gasteiger partial charge in [0.05, 0.1) is 90.7 Å². The first kappa shape index (κ1) is 53.5. The van der Waals surface area contributed by atoms with Crippen LogP contribution in [0.4, 0.5) is 40.3 Å². The van der Waals surface area contributed by atoms with Gasteiger partial charge in [0.15, 0.2) is 0 Å². The highest BCUT2D eigenvalue weighted by Gasteiger charge is 2.49. The summed E-state index contributed by atoms with van der Waals surface area (Å²) in [5.41, 5.74) is 12.7. The van der Waals surface area contributed by atoms with Crippen molar-refractivity contribution < 1.29 is 51.2 Å². The first-order valence-electron chi connectivity index (χ1n) is 24.3. The van der Waals surface area contributed by atoms with Crippen LogP contribution in [0.1, 0.15) is 62.5 Å². The lowest BCUT2D eigenvalue weighted by Crippen LogP contribution is -2.42. The third-order valence-electron chi connectivity index (χ3n) is 13.1. The van der Waals surface area contributed by atoms with Crippen molar-refractivity contribution in [2.45, 2.75) is 101 Å². The van der Waals surface area contributed by atoms with Crippen LogP contribution < -0.4 is 21.7 Å². The van der Waals surface area contributed by atoms with Crippen molar-refractivity contribution in [3.63, 3.8) is 0 Å². The van der Waals surface area contributed by atoms with E-state index >= 15 is 0 Å². The van der Waals surface area contributed by atoms with E-state index in [0.29, 0.717) is 78.7 Å². The maximum Gasteiger partial charge on any atom is 0.306 e. The molecule has 4 heterocycles. The Morgan fingerprint density at radius 3 is 1.62 bits per heavy atom. The van der Waals surface area contributed by atoms with Crippen LogP contribution in [0, 0.1) is 11.8 Å². The van der Waals surface area contributed by atoms with Crippen LogP contribution in [0.25, 0.3) is 21.8 Å². The van der Waals surface area contributed by atoms with Gasteiger partial charge in [-0.25, -0.2) is 17.6 Å². The molecule has 0 bridgehead atoms. The Bertz CT molecular complexity index is 2800. The van der Waals surface area contributed by atoms with Crippen molar-refractivity contribution in [3.05, 3.63) is 131 Å². The number of nitrogens with one attached hydrogen (secondary N) is 3. The number of hydrogen-bond donors (Lipinski definition) is 5. The first-order valence-corrected chi connectivity index (χ1v) is 25.0. The highest BCUT2D eigenvalue weighted by molar-refractivity contribution is 6.32. The minimum Gasteiger partial charge on any atom is -0.481 e. The first-order chi connectivity index (χ1) is 35.1. The number of carboxylic acid groups (broad SMARTS) is 1. The molecule has 73 heavy (non-hydrogen) atoms. The summed E-state index contributed by atoms with van der Waals surface area (Å²) in [7, 11) is 0. The number of carbonyl (C=O) groups excluding carboxylic acids is 1. The fourth-order valence-electron chi connectivity index (χ4n) is 9.10. The number of carboxylic acids is 1. The zero-order valence-electron chi connectivity index (χ0n) is 39.9. The van der Waals surface area contributed by atoms with Gasteiger partial charge in [0.2, 0.25) is 17.8 Å². The van der Waals surface area contributed by atoms with E-state index in [1.54, 1.807) is 24.5 Å². The number of aliphatic carboxylic acids is 1. The Morgan fingerprint density at radius 1 is 0.671 bits per heavy atom. The van der Waals surface area contributed by atoms with Crippen molar-refractivity contribution in [2.75, 3.05) is 48.1 Å². The van der Waals surface area contributed by atoms with E-state index in [1.807, 2.05) is 72.8 Å². The number of alkyl halides is 4. The molecule has 0 radical (unpaired) electrons. The molecule has 4 fully saturated rings. The highest BCUT2D eigenvalue weighted by atomic mass is 35.5. The van der Waals surface area contributed by atoms with Gasteiger partial charge in [-0.3, -0.25) is 19.6 Å². The van der Waals surface area contributed by atoms with Crippen molar-refractivity contribution in [3.8, 4) is 0 Å². The van der Waals surface area contributed by atoms with E-state index in [1.165, 1.54) is 5.56 Å². The van der Waals surface area contributed by atoms with Crippen LogP contribution in [-0.4, -0.2) is 89.5 Å². The zero-order valence-corrected chi connectivity index (χ0v) is 41.4. The predicted octanol–water partition coefficient (Wildman–Crippen LogP) is 11.8. The Hall–Kier alpha value is -5.82. The molecule has 2 saturated heterocycles. The Balaban J connectivity index is 0.000000170. The van der Waals surface area contributed by atoms with Gasteiger partial charge in [-0.15, -0.1) is 0 Å². The van der Waals surface area contributed by atoms with Crippen LogP contribution >= 0.6 is 23.2 Å². The zero-order chi connectivity index (χ0) is 51.5. The van der Waals surface area contributed by atoms with E-state index in [0.717, 1.165) is 46.8 Å². The molecule has 2 saturated carbocycles. The summed E-state index contributed by atoms with van der Waals surface area (Å²) in [5, 5.41) is 21.0. The van der Waals surface area contributed by atoms with Gasteiger partial charge in [-0.1, -0.05) is 83.9 Å². The summed E-state index contributed by atoms with van der Waals surface area (Å²) in [6, 6.07) is 31.5. The molecule has 10 rings (SSSR count).